The van der Waals surface area contributed by atoms with Crippen molar-refractivity contribution in [3.63, 3.8) is 0 Å². The lowest BCUT2D eigenvalue weighted by Gasteiger charge is -2.28. The van der Waals surface area contributed by atoms with Gasteiger partial charge in [0.05, 0.1) is 12.3 Å². The predicted molar refractivity (Wildman–Crippen MR) is 98.4 cm³/mol. The quantitative estimate of drug-likeness (QED) is 0.388. The summed E-state index contributed by atoms with van der Waals surface area (Å²) in [6.45, 7) is 1.75. The number of nitrogens with zero attached hydrogens (tertiary/aromatic N) is 1. The molecule has 2 aliphatic carbocycles. The van der Waals surface area contributed by atoms with Gasteiger partial charge in [-0.05, 0) is 23.6 Å². The topological polar surface area (TPSA) is 16.4 Å². The van der Waals surface area contributed by atoms with E-state index in [-0.39, 0.29) is 6.04 Å². The Hall–Kier alpha value is -2.76. The number of hydrogen-bond donors (Lipinski definition) is 0. The second-order valence-electron chi connectivity index (χ2n) is 6.15. The molecule has 0 saturated heterocycles. The maximum absolute atomic E-state index is 5.59. The molecule has 2 nitrogen and oxygen atoms in total. The van der Waals surface area contributed by atoms with Gasteiger partial charge in [-0.15, -0.1) is 6.42 Å². The Morgan fingerprint density at radius 3 is 2.46 bits per heavy atom. The smallest absolute Gasteiger partial charge is 0.134 e. The van der Waals surface area contributed by atoms with Crippen LogP contribution in [0.4, 0.5) is 0 Å². The summed E-state index contributed by atoms with van der Waals surface area (Å²) in [6.07, 6.45) is 12.7. The van der Waals surface area contributed by atoms with Crippen molar-refractivity contribution >= 4 is 11.0 Å². The van der Waals surface area contributed by atoms with Crippen LogP contribution in [0, 0.1) is 12.3 Å². The highest BCUT2D eigenvalue weighted by Crippen LogP contribution is 2.29. The van der Waals surface area contributed by atoms with Crippen molar-refractivity contribution in [2.75, 3.05) is 6.54 Å². The molecule has 0 N–H and O–H groups in total. The Morgan fingerprint density at radius 2 is 1.79 bits per heavy atom. The minimum atomic E-state index is 0.198. The van der Waals surface area contributed by atoms with Crippen LogP contribution in [0.15, 0.2) is 71.4 Å². The minimum Gasteiger partial charge on any atom is -0.464 e. The summed E-state index contributed by atoms with van der Waals surface area (Å²) in [5.41, 5.74) is 5.00. The van der Waals surface area contributed by atoms with Gasteiger partial charge in [-0.3, -0.25) is 4.90 Å². The molecule has 0 fully saturated rings. The summed E-state index contributed by atoms with van der Waals surface area (Å²) in [7, 11) is 0. The van der Waals surface area contributed by atoms with Gasteiger partial charge in [-0.1, -0.05) is 60.5 Å². The zero-order valence-electron chi connectivity index (χ0n) is 13.5. The van der Waals surface area contributed by atoms with Crippen molar-refractivity contribution in [2.24, 2.45) is 0 Å². The summed E-state index contributed by atoms with van der Waals surface area (Å²) in [5.74, 6) is 2.86. The average molecular weight is 313 g/mol. The van der Waals surface area contributed by atoms with Crippen molar-refractivity contribution < 1.29 is 4.42 Å². The molecule has 2 aromatic rings. The van der Waals surface area contributed by atoms with E-state index in [2.05, 4.69) is 53.3 Å². The lowest BCUT2D eigenvalue weighted by Crippen LogP contribution is -2.35. The number of para-hydroxylation sites is 1. The highest BCUT2D eigenvalue weighted by Gasteiger charge is 2.19. The van der Waals surface area contributed by atoms with E-state index in [1.807, 2.05) is 24.5 Å². The fourth-order valence-electron chi connectivity index (χ4n) is 3.10. The third-order valence-corrected chi connectivity index (χ3v) is 4.65. The first-order chi connectivity index (χ1) is 11.8. The van der Waals surface area contributed by atoms with Crippen LogP contribution in [0.25, 0.3) is 22.1 Å². The Labute approximate surface area is 142 Å². The number of rotatable bonds is 2. The molecule has 3 aliphatic rings. The van der Waals surface area contributed by atoms with Gasteiger partial charge in [0.25, 0.3) is 0 Å². The number of fused-ring (bicyclic) bond motifs is 2. The Balaban J connectivity index is 0.000000201. The summed E-state index contributed by atoms with van der Waals surface area (Å²) < 4.78 is 5.56. The molecule has 0 spiro atoms. The molecule has 1 aliphatic heterocycles. The van der Waals surface area contributed by atoms with Crippen LogP contribution in [0.5, 0.6) is 0 Å². The number of furan rings is 1. The molecule has 1 atom stereocenters. The Kier molecular flexibility index (Phi) is 3.94. The molecule has 0 saturated carbocycles. The third kappa shape index (κ3) is 2.75. The number of hydrogen-bond acceptors (Lipinski definition) is 2. The van der Waals surface area contributed by atoms with E-state index in [4.69, 9.17) is 10.8 Å². The monoisotopic (exact) mass is 313 g/mol. The summed E-state index contributed by atoms with van der Waals surface area (Å²) in [5, 5.41) is 1.18. The molecule has 1 aromatic heterocycles. The van der Waals surface area contributed by atoms with Crippen molar-refractivity contribution in [3.8, 4) is 23.5 Å². The number of benzene rings is 2. The van der Waals surface area contributed by atoms with Gasteiger partial charge >= 0.3 is 0 Å². The first-order valence-electron chi connectivity index (χ1n) is 8.26. The van der Waals surface area contributed by atoms with Gasteiger partial charge < -0.3 is 4.42 Å². The minimum absolute atomic E-state index is 0.198. The van der Waals surface area contributed by atoms with E-state index >= 15 is 0 Å². The molecule has 0 bridgehead atoms. The van der Waals surface area contributed by atoms with Gasteiger partial charge in [-0.2, -0.15) is 0 Å². The SMILES string of the molecule is C#CC1CC=CCN1Cc1coc2ccccc12.c1cc2ccc1-2. The molecule has 5 rings (SSSR count). The van der Waals surface area contributed by atoms with Crippen LogP contribution in [-0.2, 0) is 6.54 Å². The van der Waals surface area contributed by atoms with Crippen molar-refractivity contribution in [3.05, 3.63) is 72.5 Å². The zero-order chi connectivity index (χ0) is 16.4. The van der Waals surface area contributed by atoms with E-state index in [1.54, 1.807) is 0 Å². The van der Waals surface area contributed by atoms with E-state index in [0.717, 1.165) is 25.1 Å². The molecule has 0 radical (unpaired) electrons. The highest BCUT2D eigenvalue weighted by atomic mass is 16.3. The second-order valence-corrected chi connectivity index (χ2v) is 6.15. The Morgan fingerprint density at radius 1 is 1.04 bits per heavy atom. The Bertz CT molecular complexity index is 890. The van der Waals surface area contributed by atoms with E-state index in [0.29, 0.717) is 0 Å². The van der Waals surface area contributed by atoms with Crippen molar-refractivity contribution in [1.29, 1.82) is 0 Å². The molecule has 1 aromatic carbocycles. The summed E-state index contributed by atoms with van der Waals surface area (Å²) >= 11 is 0. The van der Waals surface area contributed by atoms with Crippen LogP contribution < -0.4 is 0 Å². The highest BCUT2D eigenvalue weighted by molar-refractivity contribution is 5.80. The van der Waals surface area contributed by atoms with Crippen LogP contribution in [0.3, 0.4) is 0 Å². The third-order valence-electron chi connectivity index (χ3n) is 4.65. The molecule has 2 heteroatoms. The molecular formula is C22H19NO. The summed E-state index contributed by atoms with van der Waals surface area (Å²) in [4.78, 5) is 2.30. The molecule has 2 heterocycles. The maximum atomic E-state index is 5.59. The molecule has 118 valence electrons. The van der Waals surface area contributed by atoms with Crippen molar-refractivity contribution in [2.45, 2.75) is 19.0 Å². The molecule has 24 heavy (non-hydrogen) atoms. The van der Waals surface area contributed by atoms with Gasteiger partial charge in [0.1, 0.15) is 5.58 Å². The lowest BCUT2D eigenvalue weighted by atomic mass is 9.95. The fraction of sp³-hybridized carbons (Fsp3) is 0.182. The van der Waals surface area contributed by atoms with Crippen LogP contribution in [0.1, 0.15) is 12.0 Å². The zero-order valence-corrected chi connectivity index (χ0v) is 13.5. The first kappa shape index (κ1) is 14.8. The standard InChI is InChI=1S/C16H15NO.C6H4/c1-2-14-7-5-6-10-17(14)11-13-12-18-16-9-4-3-8-15(13)16;1-2-6-4-3-5(1)6/h1,3-6,8-9,12,14H,7,10-11H2;1-4H. The van der Waals surface area contributed by atoms with Crippen LogP contribution >= 0.6 is 0 Å². The lowest BCUT2D eigenvalue weighted by molar-refractivity contribution is 0.243. The molecular weight excluding hydrogens is 294 g/mol. The molecule has 1 unspecified atom stereocenters. The number of terminal acetylenes is 1. The predicted octanol–water partition coefficient (Wildman–Crippen LogP) is 4.86. The van der Waals surface area contributed by atoms with Crippen LogP contribution in [0.2, 0.25) is 0 Å². The van der Waals surface area contributed by atoms with Crippen LogP contribution in [-0.4, -0.2) is 17.5 Å². The van der Waals surface area contributed by atoms with Gasteiger partial charge in [-0.25, -0.2) is 0 Å². The first-order valence-corrected chi connectivity index (χ1v) is 8.26. The van der Waals surface area contributed by atoms with Gasteiger partial charge in [0, 0.05) is 24.0 Å². The van der Waals surface area contributed by atoms with E-state index in [9.17, 15) is 0 Å². The largest absolute Gasteiger partial charge is 0.464 e. The van der Waals surface area contributed by atoms with Crippen molar-refractivity contribution in [1.82, 2.24) is 4.90 Å². The average Bonchev–Trinajstić information content (AvgIpc) is 3.02. The van der Waals surface area contributed by atoms with Gasteiger partial charge in [0.2, 0.25) is 0 Å². The second kappa shape index (κ2) is 6.39. The summed E-state index contributed by atoms with van der Waals surface area (Å²) in [6, 6.07) is 16.8. The normalized spacial score (nSPS) is 17.9. The maximum Gasteiger partial charge on any atom is 0.134 e. The fourth-order valence-corrected chi connectivity index (χ4v) is 3.10. The van der Waals surface area contributed by atoms with Gasteiger partial charge in [0.15, 0.2) is 0 Å². The molecule has 0 amide bonds. The van der Waals surface area contributed by atoms with E-state index in [1.165, 1.54) is 22.1 Å². The van der Waals surface area contributed by atoms with E-state index < -0.39 is 0 Å².